The number of carbonyl (C=O) groups is 3. The van der Waals surface area contributed by atoms with Crippen LogP contribution < -0.4 is 24.3 Å². The average molecular weight is 873 g/mol. The summed E-state index contributed by atoms with van der Waals surface area (Å²) >= 11 is 12.2. The van der Waals surface area contributed by atoms with Crippen LogP contribution >= 0.6 is 23.2 Å². The molecule has 0 radical (unpaired) electrons. The van der Waals surface area contributed by atoms with Gasteiger partial charge in [-0.05, 0) is 113 Å². The van der Waals surface area contributed by atoms with E-state index in [1.54, 1.807) is 42.6 Å². The first-order valence-electron chi connectivity index (χ1n) is 20.1. The number of aromatic nitrogens is 1. The number of ether oxygens (including phenoxy) is 4. The molecule has 3 heterocycles. The van der Waals surface area contributed by atoms with Crippen LogP contribution in [0.4, 0.5) is 0 Å². The van der Waals surface area contributed by atoms with Crippen molar-refractivity contribution in [1.29, 1.82) is 0 Å². The summed E-state index contributed by atoms with van der Waals surface area (Å²) < 4.78 is 24.2. The number of fused-ring (bicyclic) bond motifs is 2. The number of rotatable bonds is 12. The summed E-state index contributed by atoms with van der Waals surface area (Å²) in [6.45, 7) is 4.57. The number of para-hydroxylation sites is 1. The molecule has 0 aliphatic carbocycles. The highest BCUT2D eigenvalue weighted by Crippen LogP contribution is 2.41. The number of aryl methyl sites for hydroxylation is 1. The van der Waals surface area contributed by atoms with E-state index in [4.69, 9.17) is 42.1 Å². The van der Waals surface area contributed by atoms with Gasteiger partial charge in [0.15, 0.2) is 17.6 Å². The maximum Gasteiger partial charge on any atom is 0.326 e. The SMILES string of the molecule is COc1ccccc1C(=O)N1Cc2cc3c(cc2C[C@H]1C(=O)N[C@@H](Cc1ccc(-c2ccnc(C)c2C)cc1)C(=O)O)OC[C@H](c1ccc(OCc2ccc(Cl)c(Cl)c2)cc1)O3. The molecule has 2 aliphatic heterocycles. The van der Waals surface area contributed by atoms with Gasteiger partial charge in [0.05, 0.1) is 22.7 Å². The van der Waals surface area contributed by atoms with Crippen molar-refractivity contribution < 1.29 is 38.4 Å². The fourth-order valence-corrected chi connectivity index (χ4v) is 8.11. The van der Waals surface area contributed by atoms with Crippen molar-refractivity contribution in [2.24, 2.45) is 0 Å². The minimum Gasteiger partial charge on any atom is -0.496 e. The van der Waals surface area contributed by atoms with Crippen molar-refractivity contribution in [2.75, 3.05) is 13.7 Å². The quantitative estimate of drug-likeness (QED) is 0.123. The first-order valence-corrected chi connectivity index (χ1v) is 20.8. The lowest BCUT2D eigenvalue weighted by Gasteiger charge is -2.38. The standard InChI is InChI=1S/C49H43Cl2N3O8/c1-28-29(2)52-19-18-37(28)32-11-8-30(9-12-32)21-41(49(57)58)53-47(55)42-22-34-23-44-45(24-35(34)25-54(42)48(56)38-6-4-5-7-43(38)59-3)62-46(27-61-44)33-13-15-36(16-14-33)60-26-31-10-17-39(50)40(51)20-31/h4-20,23-24,41-42,46H,21-22,25-27H2,1-3H3,(H,53,55)(H,57,58)/t41-,42-,46+/m0/s1. The van der Waals surface area contributed by atoms with E-state index in [9.17, 15) is 19.5 Å². The van der Waals surface area contributed by atoms with Crippen LogP contribution in [0.15, 0.2) is 115 Å². The van der Waals surface area contributed by atoms with E-state index >= 15 is 0 Å². The van der Waals surface area contributed by atoms with Crippen LogP contribution in [0.1, 0.15) is 55.5 Å². The summed E-state index contributed by atoms with van der Waals surface area (Å²) in [5.41, 5.74) is 8.32. The van der Waals surface area contributed by atoms with Crippen molar-refractivity contribution in [3.05, 3.63) is 170 Å². The molecule has 0 saturated carbocycles. The number of nitrogens with one attached hydrogen (secondary N) is 1. The molecule has 5 aromatic carbocycles. The highest BCUT2D eigenvalue weighted by Gasteiger charge is 2.39. The topological polar surface area (TPSA) is 137 Å². The Morgan fingerprint density at radius 2 is 1.63 bits per heavy atom. The molecule has 316 valence electrons. The van der Waals surface area contributed by atoms with Gasteiger partial charge in [0.1, 0.15) is 36.8 Å². The van der Waals surface area contributed by atoms with Crippen LogP contribution in [0.25, 0.3) is 11.1 Å². The molecular formula is C49H43Cl2N3O8. The van der Waals surface area contributed by atoms with Gasteiger partial charge in [-0.3, -0.25) is 14.6 Å². The molecule has 62 heavy (non-hydrogen) atoms. The zero-order valence-electron chi connectivity index (χ0n) is 34.2. The molecule has 0 spiro atoms. The van der Waals surface area contributed by atoms with Crippen LogP contribution in [0.5, 0.6) is 23.0 Å². The van der Waals surface area contributed by atoms with Crippen LogP contribution in [-0.4, -0.2) is 58.6 Å². The maximum atomic E-state index is 14.4. The van der Waals surface area contributed by atoms with Crippen molar-refractivity contribution in [3.8, 4) is 34.1 Å². The predicted molar refractivity (Wildman–Crippen MR) is 235 cm³/mol. The van der Waals surface area contributed by atoms with Gasteiger partial charge in [-0.25, -0.2) is 4.79 Å². The minimum atomic E-state index is -1.26. The van der Waals surface area contributed by atoms with E-state index in [0.29, 0.717) is 39.7 Å². The van der Waals surface area contributed by atoms with E-state index < -0.39 is 36.0 Å². The zero-order valence-corrected chi connectivity index (χ0v) is 35.7. The number of halogens is 2. The molecule has 0 fully saturated rings. The molecule has 2 aliphatic rings. The Hall–Kier alpha value is -6.56. The lowest BCUT2D eigenvalue weighted by molar-refractivity contribution is -0.142. The van der Waals surface area contributed by atoms with E-state index in [1.165, 1.54) is 12.0 Å². The number of pyridine rings is 1. The van der Waals surface area contributed by atoms with Gasteiger partial charge in [0.2, 0.25) is 5.91 Å². The van der Waals surface area contributed by atoms with Gasteiger partial charge in [0, 0.05) is 31.3 Å². The first kappa shape index (κ1) is 42.1. The lowest BCUT2D eigenvalue weighted by Crippen LogP contribution is -2.56. The summed E-state index contributed by atoms with van der Waals surface area (Å²) in [6.07, 6.45) is 1.48. The van der Waals surface area contributed by atoms with Crippen molar-refractivity contribution >= 4 is 41.0 Å². The third-order valence-corrected chi connectivity index (χ3v) is 12.1. The molecular weight excluding hydrogens is 829 g/mol. The second-order valence-electron chi connectivity index (χ2n) is 15.3. The first-order chi connectivity index (χ1) is 29.9. The number of amides is 2. The number of aliphatic carboxylic acids is 1. The summed E-state index contributed by atoms with van der Waals surface area (Å²) in [6, 6.07) is 30.7. The molecule has 6 aromatic rings. The molecule has 13 heteroatoms. The highest BCUT2D eigenvalue weighted by molar-refractivity contribution is 6.42. The number of nitrogens with zero attached hydrogens (tertiary/aromatic N) is 2. The Balaban J connectivity index is 1.00. The number of hydrogen-bond acceptors (Lipinski definition) is 8. The number of carboxylic acid groups (broad SMARTS) is 1. The number of carboxylic acids is 1. The van der Waals surface area contributed by atoms with Crippen molar-refractivity contribution in [1.82, 2.24) is 15.2 Å². The molecule has 0 saturated heterocycles. The van der Waals surface area contributed by atoms with Gasteiger partial charge in [-0.2, -0.15) is 0 Å². The zero-order chi connectivity index (χ0) is 43.5. The van der Waals surface area contributed by atoms with E-state index in [1.807, 2.05) is 86.6 Å². The normalized spacial score (nSPS) is 15.9. The monoisotopic (exact) mass is 871 g/mol. The van der Waals surface area contributed by atoms with Crippen molar-refractivity contribution in [3.63, 3.8) is 0 Å². The van der Waals surface area contributed by atoms with Crippen LogP contribution in [0, 0.1) is 13.8 Å². The smallest absolute Gasteiger partial charge is 0.326 e. The van der Waals surface area contributed by atoms with Crippen LogP contribution in [-0.2, 0) is 35.6 Å². The summed E-state index contributed by atoms with van der Waals surface area (Å²) in [4.78, 5) is 47.2. The van der Waals surface area contributed by atoms with Gasteiger partial charge < -0.3 is 34.3 Å². The molecule has 11 nitrogen and oxygen atoms in total. The predicted octanol–water partition coefficient (Wildman–Crippen LogP) is 9.15. The second-order valence-corrected chi connectivity index (χ2v) is 16.1. The summed E-state index contributed by atoms with van der Waals surface area (Å²) in [5, 5.41) is 14.0. The number of carbonyl (C=O) groups excluding carboxylic acids is 2. The Bertz CT molecular complexity index is 2650. The van der Waals surface area contributed by atoms with Crippen molar-refractivity contribution in [2.45, 2.75) is 58.0 Å². The molecule has 0 unspecified atom stereocenters. The molecule has 2 N–H and O–H groups in total. The Kier molecular flexibility index (Phi) is 12.4. The molecule has 0 bridgehead atoms. The average Bonchev–Trinajstić information content (AvgIpc) is 3.29. The molecule has 3 atom stereocenters. The fourth-order valence-electron chi connectivity index (χ4n) is 7.79. The van der Waals surface area contributed by atoms with Gasteiger partial charge >= 0.3 is 5.97 Å². The summed E-state index contributed by atoms with van der Waals surface area (Å²) in [5.74, 6) is -0.201. The largest absolute Gasteiger partial charge is 0.496 e. The van der Waals surface area contributed by atoms with Crippen LogP contribution in [0.3, 0.4) is 0 Å². The Morgan fingerprint density at radius 3 is 2.37 bits per heavy atom. The molecule has 8 rings (SSSR count). The number of methoxy groups -OCH3 is 1. The molecule has 1 aromatic heterocycles. The maximum absolute atomic E-state index is 14.4. The highest BCUT2D eigenvalue weighted by atomic mass is 35.5. The molecule has 2 amide bonds. The second kappa shape index (κ2) is 18.2. The summed E-state index contributed by atoms with van der Waals surface area (Å²) in [7, 11) is 1.48. The minimum absolute atomic E-state index is 0.0355. The van der Waals surface area contributed by atoms with Gasteiger partial charge in [-0.1, -0.05) is 77.8 Å². The van der Waals surface area contributed by atoms with Gasteiger partial charge in [-0.15, -0.1) is 0 Å². The van der Waals surface area contributed by atoms with E-state index in [0.717, 1.165) is 50.2 Å². The number of benzene rings is 5. The fraction of sp³-hybridized carbons (Fsp3) is 0.224. The van der Waals surface area contributed by atoms with E-state index in [2.05, 4.69) is 10.3 Å². The Labute approximate surface area is 369 Å². The third-order valence-electron chi connectivity index (χ3n) is 11.4. The third kappa shape index (κ3) is 9.05. The number of hydrogen-bond donors (Lipinski definition) is 2. The Morgan fingerprint density at radius 1 is 0.887 bits per heavy atom. The lowest BCUT2D eigenvalue weighted by atomic mass is 9.91. The van der Waals surface area contributed by atoms with Crippen LogP contribution in [0.2, 0.25) is 10.0 Å². The van der Waals surface area contributed by atoms with E-state index in [-0.39, 0.29) is 31.6 Å². The van der Waals surface area contributed by atoms with Gasteiger partial charge in [0.25, 0.3) is 5.91 Å².